The molecule has 1 aliphatic rings. The molecule has 0 saturated heterocycles. The molecular formula is C29H54O4. The Bertz CT molecular complexity index is 480. The number of hydrogen-bond donors (Lipinski definition) is 0. The third kappa shape index (κ3) is 16.2. The van der Waals surface area contributed by atoms with E-state index < -0.39 is 0 Å². The predicted octanol–water partition coefficient (Wildman–Crippen LogP) is 8.41. The van der Waals surface area contributed by atoms with Crippen molar-refractivity contribution in [1.82, 2.24) is 0 Å². The molecule has 1 aliphatic carbocycles. The summed E-state index contributed by atoms with van der Waals surface area (Å²) in [6.45, 7) is 7.83. The smallest absolute Gasteiger partial charge is 0.308 e. The molecule has 1 fully saturated rings. The Morgan fingerprint density at radius 2 is 0.970 bits per heavy atom. The third-order valence-electron chi connectivity index (χ3n) is 7.06. The zero-order valence-electron chi connectivity index (χ0n) is 22.2. The van der Waals surface area contributed by atoms with E-state index in [0.29, 0.717) is 13.2 Å². The van der Waals surface area contributed by atoms with Crippen LogP contribution in [0.15, 0.2) is 0 Å². The van der Waals surface area contributed by atoms with Crippen molar-refractivity contribution in [3.8, 4) is 0 Å². The second kappa shape index (κ2) is 20.3. The van der Waals surface area contributed by atoms with Gasteiger partial charge in [0.2, 0.25) is 0 Å². The van der Waals surface area contributed by atoms with Crippen LogP contribution in [0.25, 0.3) is 0 Å². The standard InChI is InChI=1S/C29H54O4/c1-4-5-6-7-8-9-10-11-12-13-16-23-32-28(30)26-19-21-27(22-20-26)29(31)33-24-17-14-15-18-25(2)3/h25-27H,4-24H2,1-3H3. The molecule has 0 unspecified atom stereocenters. The van der Waals surface area contributed by atoms with Crippen molar-refractivity contribution in [2.24, 2.45) is 17.8 Å². The number of carbonyl (C=O) groups is 2. The summed E-state index contributed by atoms with van der Waals surface area (Å²) in [6, 6.07) is 0. The van der Waals surface area contributed by atoms with E-state index in [4.69, 9.17) is 9.47 Å². The highest BCUT2D eigenvalue weighted by Gasteiger charge is 2.31. The molecule has 1 rings (SSSR count). The van der Waals surface area contributed by atoms with Gasteiger partial charge >= 0.3 is 11.9 Å². The number of ether oxygens (including phenoxy) is 2. The largest absolute Gasteiger partial charge is 0.465 e. The zero-order valence-corrected chi connectivity index (χ0v) is 22.2. The quantitative estimate of drug-likeness (QED) is 0.133. The fourth-order valence-electron chi connectivity index (χ4n) is 4.74. The summed E-state index contributed by atoms with van der Waals surface area (Å²) in [5.41, 5.74) is 0. The van der Waals surface area contributed by atoms with Gasteiger partial charge in [-0.2, -0.15) is 0 Å². The number of hydrogen-bond acceptors (Lipinski definition) is 4. The monoisotopic (exact) mass is 466 g/mol. The summed E-state index contributed by atoms with van der Waals surface area (Å²) in [7, 11) is 0. The number of esters is 2. The van der Waals surface area contributed by atoms with Crippen molar-refractivity contribution in [2.45, 2.75) is 143 Å². The topological polar surface area (TPSA) is 52.6 Å². The van der Waals surface area contributed by atoms with Crippen LogP contribution in [0.2, 0.25) is 0 Å². The average Bonchev–Trinajstić information content (AvgIpc) is 2.81. The molecule has 194 valence electrons. The SMILES string of the molecule is CCCCCCCCCCCCCOC(=O)C1CCC(C(=O)OCCCCCC(C)C)CC1. The van der Waals surface area contributed by atoms with E-state index in [1.54, 1.807) is 0 Å². The summed E-state index contributed by atoms with van der Waals surface area (Å²) in [5.74, 6) is 0.564. The minimum absolute atomic E-state index is 0.0298. The molecule has 0 amide bonds. The molecule has 0 radical (unpaired) electrons. The highest BCUT2D eigenvalue weighted by molar-refractivity contribution is 5.75. The van der Waals surface area contributed by atoms with Crippen molar-refractivity contribution >= 4 is 11.9 Å². The van der Waals surface area contributed by atoms with E-state index >= 15 is 0 Å². The molecule has 0 spiro atoms. The Balaban J connectivity index is 1.96. The van der Waals surface area contributed by atoms with Crippen LogP contribution in [0, 0.1) is 17.8 Å². The summed E-state index contributed by atoms with van der Waals surface area (Å²) in [4.78, 5) is 24.6. The Labute approximate surface area is 205 Å². The molecule has 0 aromatic carbocycles. The van der Waals surface area contributed by atoms with Crippen LogP contribution in [0.3, 0.4) is 0 Å². The predicted molar refractivity (Wildman–Crippen MR) is 137 cm³/mol. The molecule has 33 heavy (non-hydrogen) atoms. The Hall–Kier alpha value is -1.06. The van der Waals surface area contributed by atoms with Gasteiger partial charge in [-0.05, 0) is 44.4 Å². The minimum Gasteiger partial charge on any atom is -0.465 e. The molecular weight excluding hydrogens is 412 g/mol. The molecule has 0 N–H and O–H groups in total. The van der Waals surface area contributed by atoms with Crippen molar-refractivity contribution < 1.29 is 19.1 Å². The first-order valence-corrected chi connectivity index (χ1v) is 14.4. The molecule has 4 nitrogen and oxygen atoms in total. The summed E-state index contributed by atoms with van der Waals surface area (Å²) in [5, 5.41) is 0. The van der Waals surface area contributed by atoms with Crippen molar-refractivity contribution in [2.75, 3.05) is 13.2 Å². The highest BCUT2D eigenvalue weighted by atomic mass is 16.5. The van der Waals surface area contributed by atoms with Gasteiger partial charge in [-0.3, -0.25) is 9.59 Å². The first-order chi connectivity index (χ1) is 16.0. The highest BCUT2D eigenvalue weighted by Crippen LogP contribution is 2.30. The van der Waals surface area contributed by atoms with E-state index in [0.717, 1.165) is 57.3 Å². The van der Waals surface area contributed by atoms with Gasteiger partial charge in [-0.25, -0.2) is 0 Å². The lowest BCUT2D eigenvalue weighted by molar-refractivity contribution is -0.155. The molecule has 1 saturated carbocycles. The normalized spacial score (nSPS) is 18.4. The second-order valence-corrected chi connectivity index (χ2v) is 10.7. The van der Waals surface area contributed by atoms with Crippen LogP contribution in [-0.2, 0) is 19.1 Å². The summed E-state index contributed by atoms with van der Waals surface area (Å²) in [6.07, 6.45) is 21.8. The Morgan fingerprint density at radius 3 is 1.36 bits per heavy atom. The maximum absolute atomic E-state index is 12.3. The van der Waals surface area contributed by atoms with Gasteiger partial charge in [-0.1, -0.05) is 104 Å². The first kappa shape index (κ1) is 30.0. The van der Waals surface area contributed by atoms with Crippen LogP contribution in [-0.4, -0.2) is 25.2 Å². The summed E-state index contributed by atoms with van der Waals surface area (Å²) >= 11 is 0. The number of unbranched alkanes of at least 4 members (excludes halogenated alkanes) is 12. The molecule has 0 aliphatic heterocycles. The van der Waals surface area contributed by atoms with E-state index in [-0.39, 0.29) is 23.8 Å². The van der Waals surface area contributed by atoms with Crippen molar-refractivity contribution in [3.63, 3.8) is 0 Å². The van der Waals surface area contributed by atoms with Crippen LogP contribution in [0.1, 0.15) is 143 Å². The van der Waals surface area contributed by atoms with Crippen LogP contribution in [0.4, 0.5) is 0 Å². The Kier molecular flexibility index (Phi) is 18.5. The average molecular weight is 467 g/mol. The lowest BCUT2D eigenvalue weighted by atomic mass is 9.82. The second-order valence-electron chi connectivity index (χ2n) is 10.7. The molecule has 0 bridgehead atoms. The number of rotatable bonds is 20. The van der Waals surface area contributed by atoms with E-state index in [2.05, 4.69) is 20.8 Å². The van der Waals surface area contributed by atoms with Gasteiger partial charge in [-0.15, -0.1) is 0 Å². The lowest BCUT2D eigenvalue weighted by Crippen LogP contribution is -2.28. The third-order valence-corrected chi connectivity index (χ3v) is 7.06. The molecule has 0 atom stereocenters. The molecule has 0 heterocycles. The van der Waals surface area contributed by atoms with Crippen molar-refractivity contribution in [3.05, 3.63) is 0 Å². The summed E-state index contributed by atoms with van der Waals surface area (Å²) < 4.78 is 11.0. The first-order valence-electron chi connectivity index (χ1n) is 14.4. The van der Waals surface area contributed by atoms with Crippen LogP contribution in [0.5, 0.6) is 0 Å². The fourth-order valence-corrected chi connectivity index (χ4v) is 4.74. The maximum atomic E-state index is 12.3. The van der Waals surface area contributed by atoms with Gasteiger partial charge in [0, 0.05) is 0 Å². The minimum atomic E-state index is -0.0633. The van der Waals surface area contributed by atoms with Crippen molar-refractivity contribution in [1.29, 1.82) is 0 Å². The maximum Gasteiger partial charge on any atom is 0.308 e. The molecule has 0 aromatic rings. The fraction of sp³-hybridized carbons (Fsp3) is 0.931. The molecule has 0 aromatic heterocycles. The van der Waals surface area contributed by atoms with Gasteiger partial charge in [0.1, 0.15) is 0 Å². The van der Waals surface area contributed by atoms with Crippen LogP contribution < -0.4 is 0 Å². The van der Waals surface area contributed by atoms with Gasteiger partial charge in [0.15, 0.2) is 0 Å². The van der Waals surface area contributed by atoms with Gasteiger partial charge < -0.3 is 9.47 Å². The van der Waals surface area contributed by atoms with E-state index in [1.807, 2.05) is 0 Å². The van der Waals surface area contributed by atoms with E-state index in [9.17, 15) is 9.59 Å². The molecule has 4 heteroatoms. The zero-order chi connectivity index (χ0) is 24.2. The Morgan fingerprint density at radius 1 is 0.606 bits per heavy atom. The van der Waals surface area contributed by atoms with Gasteiger partial charge in [0.25, 0.3) is 0 Å². The lowest BCUT2D eigenvalue weighted by Gasteiger charge is -2.26. The number of carbonyl (C=O) groups excluding carboxylic acids is 2. The van der Waals surface area contributed by atoms with Gasteiger partial charge in [0.05, 0.1) is 25.0 Å². The van der Waals surface area contributed by atoms with E-state index in [1.165, 1.54) is 70.6 Å². The van der Waals surface area contributed by atoms with Crippen LogP contribution >= 0.6 is 0 Å².